The zero-order valence-electron chi connectivity index (χ0n) is 9.67. The quantitative estimate of drug-likeness (QED) is 0.742. The van der Waals surface area contributed by atoms with E-state index in [1.807, 2.05) is 0 Å². The Bertz CT molecular complexity index is 229. The Balaban J connectivity index is 0.000000963. The van der Waals surface area contributed by atoms with Crippen LogP contribution in [-0.2, 0) is 4.74 Å². The minimum absolute atomic E-state index is 0. The highest BCUT2D eigenvalue weighted by atomic mass is 16.5. The number of ether oxygens (including phenoxy) is 1. The third kappa shape index (κ3) is 1.71. The zero-order valence-corrected chi connectivity index (χ0v) is 9.67. The third-order valence-corrected chi connectivity index (χ3v) is 4.51. The van der Waals surface area contributed by atoms with Crippen LogP contribution in [0, 0.1) is 5.41 Å². The molecule has 15 heavy (non-hydrogen) atoms. The van der Waals surface area contributed by atoms with Crippen molar-refractivity contribution in [2.45, 2.75) is 37.8 Å². The van der Waals surface area contributed by atoms with Crippen LogP contribution in [0.1, 0.15) is 27.1 Å². The number of hydrogen-bond donors (Lipinski definition) is 1. The van der Waals surface area contributed by atoms with Gasteiger partial charge in [0.05, 0.1) is 13.2 Å². The summed E-state index contributed by atoms with van der Waals surface area (Å²) in [6, 6.07) is 1.66. The van der Waals surface area contributed by atoms with Gasteiger partial charge in [0.15, 0.2) is 0 Å². The predicted octanol–water partition coefficient (Wildman–Crippen LogP) is 1.10. The fourth-order valence-corrected chi connectivity index (χ4v) is 3.38. The number of nitrogens with zero attached hydrogens (tertiary/aromatic N) is 1. The monoisotopic (exact) mass is 212 g/mol. The molecular formula is C12H24N2O. The van der Waals surface area contributed by atoms with Gasteiger partial charge >= 0.3 is 0 Å². The number of likely N-dealkylation sites (tertiary alicyclic amines) is 1. The van der Waals surface area contributed by atoms with Gasteiger partial charge in [-0.15, -0.1) is 0 Å². The van der Waals surface area contributed by atoms with Crippen LogP contribution < -0.4 is 5.32 Å². The second-order valence-electron chi connectivity index (χ2n) is 5.69. The summed E-state index contributed by atoms with van der Waals surface area (Å²) < 4.78 is 5.31. The van der Waals surface area contributed by atoms with Gasteiger partial charge in [-0.05, 0) is 32.7 Å². The molecule has 3 heteroatoms. The summed E-state index contributed by atoms with van der Waals surface area (Å²) in [5.74, 6) is 0. The Morgan fingerprint density at radius 2 is 1.87 bits per heavy atom. The van der Waals surface area contributed by atoms with Gasteiger partial charge in [-0.1, -0.05) is 0 Å². The first-order valence-electron chi connectivity index (χ1n) is 6.30. The first kappa shape index (κ1) is 10.1. The summed E-state index contributed by atoms with van der Waals surface area (Å²) in [6.45, 7) is 4.66. The molecule has 1 aliphatic carbocycles. The highest BCUT2D eigenvalue weighted by molar-refractivity contribution is 5.02. The van der Waals surface area contributed by atoms with Crippen LogP contribution in [0.3, 0.4) is 0 Å². The summed E-state index contributed by atoms with van der Waals surface area (Å²) in [7, 11) is 2.09. The molecule has 1 spiro atoms. The van der Waals surface area contributed by atoms with Crippen molar-refractivity contribution in [3.63, 3.8) is 0 Å². The van der Waals surface area contributed by atoms with Gasteiger partial charge in [0.1, 0.15) is 0 Å². The maximum Gasteiger partial charge on any atom is 0.0569 e. The van der Waals surface area contributed by atoms with Gasteiger partial charge < -0.3 is 10.1 Å². The number of nitrogens with one attached hydrogen (secondary N) is 1. The van der Waals surface area contributed by atoms with E-state index in [2.05, 4.69) is 17.3 Å². The molecule has 1 N–H and O–H groups in total. The molecule has 0 amide bonds. The minimum Gasteiger partial charge on any atom is -0.380 e. The minimum atomic E-state index is 0. The van der Waals surface area contributed by atoms with E-state index in [0.29, 0.717) is 5.41 Å². The Morgan fingerprint density at radius 3 is 2.33 bits per heavy atom. The van der Waals surface area contributed by atoms with Gasteiger partial charge in [-0.25, -0.2) is 0 Å². The molecule has 1 saturated carbocycles. The highest BCUT2D eigenvalue weighted by Gasteiger charge is 2.50. The van der Waals surface area contributed by atoms with Gasteiger partial charge in [0, 0.05) is 32.0 Å². The van der Waals surface area contributed by atoms with Crippen molar-refractivity contribution in [3.8, 4) is 0 Å². The Labute approximate surface area is 93.6 Å². The molecule has 0 aromatic carbocycles. The molecule has 88 valence electrons. The highest BCUT2D eigenvalue weighted by Crippen LogP contribution is 2.40. The molecular weight excluding hydrogens is 188 g/mol. The first-order valence-corrected chi connectivity index (χ1v) is 6.30. The lowest BCUT2D eigenvalue weighted by Crippen LogP contribution is -2.68. The standard InChI is InChI=1S/C12H22N2O.H2/c1-13-10-2-4-11(5-3-10)14-6-12(7-14)8-15-9-12;/h10-11,13H,2-9H2,1H3;1H. The average molecular weight is 212 g/mol. The molecule has 3 fully saturated rings. The molecule has 0 atom stereocenters. The lowest BCUT2D eigenvalue weighted by Gasteiger charge is -2.58. The molecule has 3 aliphatic rings. The second kappa shape index (κ2) is 3.72. The summed E-state index contributed by atoms with van der Waals surface area (Å²) in [4.78, 5) is 2.69. The smallest absolute Gasteiger partial charge is 0.0569 e. The van der Waals surface area contributed by atoms with Crippen molar-refractivity contribution in [2.24, 2.45) is 5.41 Å². The second-order valence-corrected chi connectivity index (χ2v) is 5.69. The molecule has 0 radical (unpaired) electrons. The van der Waals surface area contributed by atoms with Crippen LogP contribution in [0.5, 0.6) is 0 Å². The zero-order chi connectivity index (χ0) is 10.3. The number of rotatable bonds is 2. The molecule has 0 unspecified atom stereocenters. The molecule has 2 heterocycles. The Kier molecular flexibility index (Phi) is 2.49. The lowest BCUT2D eigenvalue weighted by molar-refractivity contribution is -0.200. The predicted molar refractivity (Wildman–Crippen MR) is 62.0 cm³/mol. The third-order valence-electron chi connectivity index (χ3n) is 4.51. The van der Waals surface area contributed by atoms with Crippen molar-refractivity contribution in [3.05, 3.63) is 0 Å². The molecule has 0 bridgehead atoms. The van der Waals surface area contributed by atoms with Crippen LogP contribution in [-0.4, -0.2) is 50.3 Å². The van der Waals surface area contributed by atoms with Gasteiger partial charge in [-0.3, -0.25) is 4.90 Å². The van der Waals surface area contributed by atoms with Gasteiger partial charge in [-0.2, -0.15) is 0 Å². The number of hydrogen-bond acceptors (Lipinski definition) is 3. The maximum atomic E-state index is 5.31. The largest absolute Gasteiger partial charge is 0.380 e. The SMILES string of the molecule is CNC1CCC(N2CC3(COC3)C2)CC1.[HH]. The van der Waals surface area contributed by atoms with Crippen LogP contribution >= 0.6 is 0 Å². The molecule has 3 rings (SSSR count). The van der Waals surface area contributed by atoms with E-state index in [1.54, 1.807) is 0 Å². The summed E-state index contributed by atoms with van der Waals surface area (Å²) in [5.41, 5.74) is 0.597. The van der Waals surface area contributed by atoms with Crippen molar-refractivity contribution in [1.29, 1.82) is 0 Å². The topological polar surface area (TPSA) is 24.5 Å². The van der Waals surface area contributed by atoms with Crippen LogP contribution in [0.15, 0.2) is 0 Å². The maximum absolute atomic E-state index is 5.31. The van der Waals surface area contributed by atoms with Crippen molar-refractivity contribution in [2.75, 3.05) is 33.4 Å². The van der Waals surface area contributed by atoms with Crippen LogP contribution in [0.25, 0.3) is 0 Å². The van der Waals surface area contributed by atoms with E-state index in [1.165, 1.54) is 38.8 Å². The van der Waals surface area contributed by atoms with E-state index >= 15 is 0 Å². The van der Waals surface area contributed by atoms with Crippen molar-refractivity contribution < 1.29 is 6.16 Å². The van der Waals surface area contributed by atoms with E-state index in [-0.39, 0.29) is 1.43 Å². The fourth-order valence-electron chi connectivity index (χ4n) is 3.38. The average Bonchev–Trinajstić information content (AvgIpc) is 2.14. The van der Waals surface area contributed by atoms with Crippen LogP contribution in [0.4, 0.5) is 0 Å². The summed E-state index contributed by atoms with van der Waals surface area (Å²) >= 11 is 0. The summed E-state index contributed by atoms with van der Waals surface area (Å²) in [6.07, 6.45) is 5.51. The van der Waals surface area contributed by atoms with E-state index in [0.717, 1.165) is 25.3 Å². The van der Waals surface area contributed by atoms with Gasteiger partial charge in [0.25, 0.3) is 0 Å². The van der Waals surface area contributed by atoms with E-state index in [9.17, 15) is 0 Å². The molecule has 2 aliphatic heterocycles. The Morgan fingerprint density at radius 1 is 1.20 bits per heavy atom. The normalized spacial score (nSPS) is 39.8. The lowest BCUT2D eigenvalue weighted by atomic mass is 9.75. The molecule has 0 aromatic rings. The molecule has 0 aromatic heterocycles. The molecule has 3 nitrogen and oxygen atoms in total. The Hall–Kier alpha value is -0.120. The van der Waals surface area contributed by atoms with Gasteiger partial charge in [0.2, 0.25) is 0 Å². The van der Waals surface area contributed by atoms with E-state index < -0.39 is 0 Å². The first-order chi connectivity index (χ1) is 7.31. The van der Waals surface area contributed by atoms with Crippen LogP contribution in [0.2, 0.25) is 0 Å². The van der Waals surface area contributed by atoms with Crippen molar-refractivity contribution >= 4 is 0 Å². The fraction of sp³-hybridized carbons (Fsp3) is 1.00. The summed E-state index contributed by atoms with van der Waals surface area (Å²) in [5, 5.41) is 3.40. The molecule has 2 saturated heterocycles. The van der Waals surface area contributed by atoms with E-state index in [4.69, 9.17) is 4.74 Å². The van der Waals surface area contributed by atoms with Crippen molar-refractivity contribution in [1.82, 2.24) is 10.2 Å².